The summed E-state index contributed by atoms with van der Waals surface area (Å²) in [4.78, 5) is 11.1. The van der Waals surface area contributed by atoms with Crippen molar-refractivity contribution in [2.24, 2.45) is 0 Å². The molecule has 126 valence electrons. The van der Waals surface area contributed by atoms with Gasteiger partial charge in [-0.2, -0.15) is 13.2 Å². The Balaban J connectivity index is 2.78. The minimum Gasteiger partial charge on any atom is -0.491 e. The van der Waals surface area contributed by atoms with Crippen molar-refractivity contribution in [1.82, 2.24) is 0 Å². The number of fused-ring (bicyclic) bond motifs is 1. The lowest BCUT2D eigenvalue weighted by molar-refractivity contribution is -0.187. The molecule has 1 aliphatic heterocycles. The fraction of sp³-hybridized carbons (Fsp3) is 0.308. The minimum atomic E-state index is -4.95. The average molecular weight is 373 g/mol. The van der Waals surface area contributed by atoms with Crippen LogP contribution >= 0.6 is 23.2 Å². The van der Waals surface area contributed by atoms with Gasteiger partial charge in [0.15, 0.2) is 17.2 Å². The molecule has 1 atom stereocenters. The van der Waals surface area contributed by atoms with E-state index < -0.39 is 29.6 Å². The summed E-state index contributed by atoms with van der Waals surface area (Å²) in [5, 5.41) is 8.52. The molecule has 10 heteroatoms. The summed E-state index contributed by atoms with van der Waals surface area (Å²) in [5.74, 6) is -2.39. The van der Waals surface area contributed by atoms with E-state index in [1.165, 1.54) is 14.2 Å². The van der Waals surface area contributed by atoms with Gasteiger partial charge in [0.25, 0.3) is 0 Å². The molecule has 1 aromatic rings. The molecule has 1 N–H and O–H groups in total. The number of hydrogen-bond donors (Lipinski definition) is 1. The predicted molar refractivity (Wildman–Crippen MR) is 75.6 cm³/mol. The lowest BCUT2D eigenvalue weighted by Gasteiger charge is -2.29. The normalized spacial score (nSPS) is 17.0. The van der Waals surface area contributed by atoms with Gasteiger partial charge in [0.2, 0.25) is 6.10 Å². The first kappa shape index (κ1) is 17.6. The molecular formula is C13H9Cl2F3O5. The molecule has 0 aromatic heterocycles. The number of carboxylic acids is 1. The van der Waals surface area contributed by atoms with Gasteiger partial charge in [-0.05, 0) is 6.08 Å². The van der Waals surface area contributed by atoms with Crippen molar-refractivity contribution in [3.63, 3.8) is 0 Å². The Morgan fingerprint density at radius 3 is 2.17 bits per heavy atom. The fourth-order valence-electron chi connectivity index (χ4n) is 2.08. The van der Waals surface area contributed by atoms with Gasteiger partial charge in [-0.1, -0.05) is 23.2 Å². The van der Waals surface area contributed by atoms with Gasteiger partial charge in [-0.3, -0.25) is 0 Å². The molecule has 0 amide bonds. The molecule has 1 aromatic carbocycles. The molecule has 0 saturated heterocycles. The average Bonchev–Trinajstić information content (AvgIpc) is 2.48. The standard InChI is InChI=1S/C13H9Cl2F3O5/c1-21-9-6(14)4-3-5(12(19)20)11(13(16,17)18)23-8(4)7(15)10(9)22-2/h3,11H,1-2H3,(H,19,20). The third kappa shape index (κ3) is 2.88. The summed E-state index contributed by atoms with van der Waals surface area (Å²) in [5.41, 5.74) is -1.15. The monoisotopic (exact) mass is 372 g/mol. The van der Waals surface area contributed by atoms with E-state index in [1.54, 1.807) is 0 Å². The quantitative estimate of drug-likeness (QED) is 0.873. The van der Waals surface area contributed by atoms with Crippen molar-refractivity contribution >= 4 is 35.2 Å². The lowest BCUT2D eigenvalue weighted by atomic mass is 10.0. The molecule has 0 fully saturated rings. The largest absolute Gasteiger partial charge is 0.491 e. The van der Waals surface area contributed by atoms with E-state index in [-0.39, 0.29) is 27.1 Å². The first-order chi connectivity index (χ1) is 10.6. The molecule has 0 aliphatic carbocycles. The van der Waals surface area contributed by atoms with E-state index in [0.717, 1.165) is 6.08 Å². The smallest absolute Gasteiger partial charge is 0.430 e. The van der Waals surface area contributed by atoms with Crippen LogP contribution in [0.3, 0.4) is 0 Å². The van der Waals surface area contributed by atoms with Crippen LogP contribution < -0.4 is 14.2 Å². The Morgan fingerprint density at radius 2 is 1.74 bits per heavy atom. The van der Waals surface area contributed by atoms with Crippen molar-refractivity contribution < 1.29 is 37.3 Å². The molecule has 5 nitrogen and oxygen atoms in total. The van der Waals surface area contributed by atoms with Gasteiger partial charge in [-0.25, -0.2) is 4.79 Å². The molecule has 23 heavy (non-hydrogen) atoms. The Labute approximate surface area is 138 Å². The van der Waals surface area contributed by atoms with Crippen LogP contribution in [-0.2, 0) is 4.79 Å². The third-order valence-corrected chi connectivity index (χ3v) is 3.77. The second kappa shape index (κ2) is 6.01. The van der Waals surface area contributed by atoms with Crippen LogP contribution in [0.25, 0.3) is 6.08 Å². The van der Waals surface area contributed by atoms with E-state index in [1.807, 2.05) is 0 Å². The zero-order valence-corrected chi connectivity index (χ0v) is 13.1. The number of aliphatic carboxylic acids is 1. The van der Waals surface area contributed by atoms with Crippen molar-refractivity contribution in [2.45, 2.75) is 12.3 Å². The molecule has 0 radical (unpaired) electrons. The molecule has 1 aliphatic rings. The topological polar surface area (TPSA) is 65.0 Å². The summed E-state index contributed by atoms with van der Waals surface area (Å²) < 4.78 is 53.9. The number of halogens is 5. The highest BCUT2D eigenvalue weighted by Gasteiger charge is 2.49. The SMILES string of the molecule is COc1c(Cl)c2c(c(Cl)c1OC)OC(C(F)(F)F)C(C(=O)O)=C2. The zero-order chi connectivity index (χ0) is 17.5. The maximum absolute atomic E-state index is 13.0. The van der Waals surface area contributed by atoms with Crippen molar-refractivity contribution in [2.75, 3.05) is 14.2 Å². The maximum Gasteiger partial charge on any atom is 0.430 e. The number of hydrogen-bond acceptors (Lipinski definition) is 4. The molecule has 0 spiro atoms. The van der Waals surface area contributed by atoms with Gasteiger partial charge in [0.05, 0.1) is 24.8 Å². The molecular weight excluding hydrogens is 364 g/mol. The van der Waals surface area contributed by atoms with Crippen LogP contribution in [0, 0.1) is 0 Å². The van der Waals surface area contributed by atoms with E-state index in [0.29, 0.717) is 0 Å². The number of rotatable bonds is 3. The van der Waals surface area contributed by atoms with Crippen LogP contribution in [0.1, 0.15) is 5.56 Å². The summed E-state index contributed by atoms with van der Waals surface area (Å²) in [7, 11) is 2.46. The zero-order valence-electron chi connectivity index (χ0n) is 11.6. The summed E-state index contributed by atoms with van der Waals surface area (Å²) in [6.45, 7) is 0. The summed E-state index contributed by atoms with van der Waals surface area (Å²) in [6, 6.07) is 0. The Hall–Kier alpha value is -1.80. The van der Waals surface area contributed by atoms with Crippen LogP contribution in [-0.4, -0.2) is 37.6 Å². The first-order valence-electron chi connectivity index (χ1n) is 5.94. The molecule has 0 saturated carbocycles. The molecule has 1 heterocycles. The van der Waals surface area contributed by atoms with Crippen LogP contribution in [0.4, 0.5) is 13.2 Å². The minimum absolute atomic E-state index is 0.0482. The number of ether oxygens (including phenoxy) is 3. The van der Waals surface area contributed by atoms with Gasteiger partial charge >= 0.3 is 12.1 Å². The van der Waals surface area contributed by atoms with Gasteiger partial charge in [-0.15, -0.1) is 0 Å². The van der Waals surface area contributed by atoms with Crippen molar-refractivity contribution in [3.05, 3.63) is 21.2 Å². The fourth-order valence-corrected chi connectivity index (χ4v) is 2.69. The third-order valence-electron chi connectivity index (χ3n) is 3.06. The maximum atomic E-state index is 13.0. The highest BCUT2D eigenvalue weighted by molar-refractivity contribution is 6.38. The van der Waals surface area contributed by atoms with Crippen LogP contribution in [0.5, 0.6) is 17.2 Å². The highest BCUT2D eigenvalue weighted by Crippen LogP contribution is 2.53. The van der Waals surface area contributed by atoms with Gasteiger partial charge in [0.1, 0.15) is 5.02 Å². The Kier molecular flexibility index (Phi) is 4.59. The van der Waals surface area contributed by atoms with Crippen molar-refractivity contribution in [3.8, 4) is 17.2 Å². The number of carboxylic acid groups (broad SMARTS) is 1. The molecule has 2 rings (SSSR count). The van der Waals surface area contributed by atoms with E-state index in [2.05, 4.69) is 0 Å². The highest BCUT2D eigenvalue weighted by atomic mass is 35.5. The number of alkyl halides is 3. The molecule has 0 bridgehead atoms. The van der Waals surface area contributed by atoms with E-state index in [4.69, 9.17) is 42.5 Å². The lowest BCUT2D eigenvalue weighted by Crippen LogP contribution is -2.40. The number of benzene rings is 1. The van der Waals surface area contributed by atoms with Crippen molar-refractivity contribution in [1.29, 1.82) is 0 Å². The second-order valence-corrected chi connectivity index (χ2v) is 5.14. The van der Waals surface area contributed by atoms with Crippen LogP contribution in [0.15, 0.2) is 5.57 Å². The van der Waals surface area contributed by atoms with Crippen LogP contribution in [0.2, 0.25) is 10.0 Å². The van der Waals surface area contributed by atoms with E-state index in [9.17, 15) is 18.0 Å². The number of methoxy groups -OCH3 is 2. The first-order valence-corrected chi connectivity index (χ1v) is 6.70. The predicted octanol–water partition coefficient (Wildman–Crippen LogP) is 3.80. The molecule has 1 unspecified atom stereocenters. The second-order valence-electron chi connectivity index (χ2n) is 4.38. The summed E-state index contributed by atoms with van der Waals surface area (Å²) >= 11 is 12.0. The van der Waals surface area contributed by atoms with E-state index >= 15 is 0 Å². The number of carbonyl (C=O) groups is 1. The van der Waals surface area contributed by atoms with Gasteiger partial charge in [0, 0.05) is 5.56 Å². The Bertz CT molecular complexity index is 700. The Morgan fingerprint density at radius 1 is 1.22 bits per heavy atom. The summed E-state index contributed by atoms with van der Waals surface area (Å²) in [6.07, 6.45) is -6.88. The van der Waals surface area contributed by atoms with Gasteiger partial charge < -0.3 is 19.3 Å².